The number of nitrogens with one attached hydrogen (secondary N) is 1. The van der Waals surface area contributed by atoms with Crippen molar-refractivity contribution in [2.45, 2.75) is 24.8 Å². The molecule has 0 spiro atoms. The molecule has 0 saturated carbocycles. The molecule has 0 unspecified atom stereocenters. The lowest BCUT2D eigenvalue weighted by Gasteiger charge is -2.36. The van der Waals surface area contributed by atoms with Gasteiger partial charge in [0.15, 0.2) is 0 Å². The fraction of sp³-hybridized carbons (Fsp3) is 0.600. The van der Waals surface area contributed by atoms with Crippen molar-refractivity contribution in [2.24, 2.45) is 0 Å². The smallest absolute Gasteiger partial charge is 0.242 e. The molecular formula is C15H24ClN3O2S. The predicted molar refractivity (Wildman–Crippen MR) is 89.9 cm³/mol. The van der Waals surface area contributed by atoms with E-state index in [4.69, 9.17) is 11.6 Å². The molecule has 0 aromatic heterocycles. The highest BCUT2D eigenvalue weighted by Gasteiger charge is 2.23. The van der Waals surface area contributed by atoms with Crippen LogP contribution in [0.1, 0.15) is 12.5 Å². The number of hydrogen-bond donors (Lipinski definition) is 1. The number of aryl methyl sites for hydroxylation is 1. The van der Waals surface area contributed by atoms with Crippen molar-refractivity contribution in [3.63, 3.8) is 0 Å². The summed E-state index contributed by atoms with van der Waals surface area (Å²) < 4.78 is 27.5. The van der Waals surface area contributed by atoms with Gasteiger partial charge in [0.2, 0.25) is 10.0 Å². The van der Waals surface area contributed by atoms with Crippen LogP contribution >= 0.6 is 11.6 Å². The number of halogens is 1. The van der Waals surface area contributed by atoms with Gasteiger partial charge in [-0.05, 0) is 32.5 Å². The van der Waals surface area contributed by atoms with Crippen LogP contribution in [0.5, 0.6) is 0 Å². The van der Waals surface area contributed by atoms with Crippen LogP contribution in [0.3, 0.4) is 0 Å². The van der Waals surface area contributed by atoms with Gasteiger partial charge in [-0.3, -0.25) is 4.90 Å². The van der Waals surface area contributed by atoms with Crippen LogP contribution < -0.4 is 4.72 Å². The summed E-state index contributed by atoms with van der Waals surface area (Å²) in [6, 6.07) is 5.21. The third-order valence-electron chi connectivity index (χ3n) is 4.18. The number of likely N-dealkylation sites (N-methyl/N-ethyl adjacent to an activating group) is 1. The molecular weight excluding hydrogens is 322 g/mol. The van der Waals surface area contributed by atoms with Gasteiger partial charge >= 0.3 is 0 Å². The van der Waals surface area contributed by atoms with Gasteiger partial charge in [0, 0.05) is 38.8 Å². The van der Waals surface area contributed by atoms with Gasteiger partial charge in [0.25, 0.3) is 0 Å². The molecule has 124 valence electrons. The molecule has 1 aliphatic heterocycles. The molecule has 1 heterocycles. The van der Waals surface area contributed by atoms with Crippen molar-refractivity contribution < 1.29 is 8.42 Å². The molecule has 1 aliphatic rings. The first kappa shape index (κ1) is 17.7. The minimum Gasteiger partial charge on any atom is -0.304 e. The first-order chi connectivity index (χ1) is 10.3. The Bertz CT molecular complexity index is 613. The molecule has 1 fully saturated rings. The lowest BCUT2D eigenvalue weighted by atomic mass is 10.2. The van der Waals surface area contributed by atoms with Crippen LogP contribution in [-0.2, 0) is 10.0 Å². The van der Waals surface area contributed by atoms with E-state index in [1.807, 2.05) is 6.92 Å². The number of hydrogen-bond acceptors (Lipinski definition) is 4. The van der Waals surface area contributed by atoms with Crippen LogP contribution in [0.25, 0.3) is 0 Å². The van der Waals surface area contributed by atoms with Gasteiger partial charge in [-0.25, -0.2) is 13.1 Å². The summed E-state index contributed by atoms with van der Waals surface area (Å²) in [5.41, 5.74) is 0.761. The van der Waals surface area contributed by atoms with Gasteiger partial charge in [-0.15, -0.1) is 0 Å². The van der Waals surface area contributed by atoms with E-state index in [9.17, 15) is 8.42 Å². The van der Waals surface area contributed by atoms with E-state index in [2.05, 4.69) is 21.6 Å². The molecule has 5 nitrogen and oxygen atoms in total. The van der Waals surface area contributed by atoms with E-state index in [1.165, 1.54) is 6.07 Å². The molecule has 1 N–H and O–H groups in total. The second kappa shape index (κ2) is 7.27. The average molecular weight is 346 g/mol. The predicted octanol–water partition coefficient (Wildman–Crippen LogP) is 1.56. The third kappa shape index (κ3) is 4.20. The maximum atomic E-state index is 12.4. The number of piperazine rings is 1. The molecule has 1 atom stereocenters. The summed E-state index contributed by atoms with van der Waals surface area (Å²) in [5, 5.41) is 0.294. The molecule has 22 heavy (non-hydrogen) atoms. The number of benzene rings is 1. The fourth-order valence-corrected chi connectivity index (χ4v) is 4.23. The van der Waals surface area contributed by atoms with Crippen molar-refractivity contribution in [3.05, 3.63) is 28.8 Å². The maximum absolute atomic E-state index is 12.4. The van der Waals surface area contributed by atoms with E-state index < -0.39 is 10.0 Å². The average Bonchev–Trinajstić information content (AvgIpc) is 2.48. The topological polar surface area (TPSA) is 52.7 Å². The molecule has 2 rings (SSSR count). The Hall–Kier alpha value is -0.660. The van der Waals surface area contributed by atoms with E-state index in [0.29, 0.717) is 11.6 Å². The molecule has 0 bridgehead atoms. The zero-order valence-electron chi connectivity index (χ0n) is 13.3. The Labute approximate surface area is 138 Å². The fourth-order valence-electron chi connectivity index (χ4n) is 2.53. The summed E-state index contributed by atoms with van der Waals surface area (Å²) in [6.45, 7) is 8.19. The van der Waals surface area contributed by atoms with Crippen molar-refractivity contribution in [2.75, 3.05) is 39.8 Å². The Morgan fingerprint density at radius 2 is 1.91 bits per heavy atom. The minimum absolute atomic E-state index is 0.153. The largest absolute Gasteiger partial charge is 0.304 e. The molecule has 0 amide bonds. The Kier molecular flexibility index (Phi) is 5.85. The highest BCUT2D eigenvalue weighted by atomic mass is 35.5. The van der Waals surface area contributed by atoms with Gasteiger partial charge in [0.05, 0.1) is 5.02 Å². The zero-order valence-corrected chi connectivity index (χ0v) is 14.9. The van der Waals surface area contributed by atoms with E-state index in [0.717, 1.165) is 31.7 Å². The van der Waals surface area contributed by atoms with E-state index >= 15 is 0 Å². The normalized spacial score (nSPS) is 19.3. The van der Waals surface area contributed by atoms with Gasteiger partial charge < -0.3 is 4.90 Å². The van der Waals surface area contributed by atoms with Gasteiger partial charge in [-0.1, -0.05) is 23.7 Å². The first-order valence-corrected chi connectivity index (χ1v) is 9.35. The van der Waals surface area contributed by atoms with Crippen LogP contribution in [0.2, 0.25) is 5.02 Å². The molecule has 1 aromatic rings. The first-order valence-electron chi connectivity index (χ1n) is 7.48. The van der Waals surface area contributed by atoms with Crippen LogP contribution in [0, 0.1) is 6.92 Å². The van der Waals surface area contributed by atoms with Gasteiger partial charge in [0.1, 0.15) is 4.90 Å². The minimum atomic E-state index is -3.58. The summed E-state index contributed by atoms with van der Waals surface area (Å²) in [6.07, 6.45) is 0. The summed E-state index contributed by atoms with van der Waals surface area (Å²) in [4.78, 5) is 4.74. The van der Waals surface area contributed by atoms with Crippen molar-refractivity contribution in [3.8, 4) is 0 Å². The number of nitrogens with zero attached hydrogens (tertiary/aromatic N) is 2. The Morgan fingerprint density at radius 3 is 2.55 bits per heavy atom. The molecule has 7 heteroatoms. The second-order valence-corrected chi connectivity index (χ2v) is 8.04. The van der Waals surface area contributed by atoms with Crippen LogP contribution in [0.4, 0.5) is 0 Å². The molecule has 1 saturated heterocycles. The quantitative estimate of drug-likeness (QED) is 0.880. The Morgan fingerprint density at radius 1 is 1.27 bits per heavy atom. The molecule has 0 radical (unpaired) electrons. The highest BCUT2D eigenvalue weighted by Crippen LogP contribution is 2.24. The zero-order chi connectivity index (χ0) is 16.3. The number of sulfonamides is 1. The standard InChI is InChI=1S/C15H24ClN3O2S/c1-12-5-4-6-14(15(12)16)22(20,21)17-11-13(2)19-9-7-18(3)8-10-19/h4-6,13,17H,7-11H2,1-3H3/t13-/m1/s1. The summed E-state index contributed by atoms with van der Waals surface area (Å²) in [5.74, 6) is 0. The van der Waals surface area contributed by atoms with Crippen molar-refractivity contribution in [1.82, 2.24) is 14.5 Å². The SMILES string of the molecule is Cc1cccc(S(=O)(=O)NC[C@@H](C)N2CCN(C)CC2)c1Cl. The van der Waals surface area contributed by atoms with E-state index in [-0.39, 0.29) is 10.9 Å². The lowest BCUT2D eigenvalue weighted by Crippen LogP contribution is -2.51. The van der Waals surface area contributed by atoms with Crippen LogP contribution in [-0.4, -0.2) is 64.0 Å². The maximum Gasteiger partial charge on any atom is 0.242 e. The summed E-state index contributed by atoms with van der Waals surface area (Å²) >= 11 is 6.12. The molecule has 0 aliphatic carbocycles. The highest BCUT2D eigenvalue weighted by molar-refractivity contribution is 7.89. The van der Waals surface area contributed by atoms with Gasteiger partial charge in [-0.2, -0.15) is 0 Å². The van der Waals surface area contributed by atoms with Crippen LogP contribution in [0.15, 0.2) is 23.1 Å². The second-order valence-electron chi connectivity index (χ2n) is 5.93. The number of rotatable bonds is 5. The third-order valence-corrected chi connectivity index (χ3v) is 6.26. The van der Waals surface area contributed by atoms with E-state index in [1.54, 1.807) is 19.1 Å². The molecule has 1 aromatic carbocycles. The summed E-state index contributed by atoms with van der Waals surface area (Å²) in [7, 11) is -1.48. The lowest BCUT2D eigenvalue weighted by molar-refractivity contribution is 0.120. The monoisotopic (exact) mass is 345 g/mol. The van der Waals surface area contributed by atoms with Crippen molar-refractivity contribution >= 4 is 21.6 Å². The Balaban J connectivity index is 1.99. The van der Waals surface area contributed by atoms with Crippen molar-refractivity contribution in [1.29, 1.82) is 0 Å².